The fourth-order valence-corrected chi connectivity index (χ4v) is 1.62. The van der Waals surface area contributed by atoms with Gasteiger partial charge in [0.25, 0.3) is 0 Å². The molecule has 0 aliphatic rings. The van der Waals surface area contributed by atoms with E-state index in [4.69, 9.17) is 10.5 Å². The van der Waals surface area contributed by atoms with Gasteiger partial charge in [-0.05, 0) is 18.1 Å². The first kappa shape index (κ1) is 12.9. The molecule has 1 aromatic carbocycles. The fraction of sp³-hybridized carbons (Fsp3) is 0.500. The fourth-order valence-electron chi connectivity index (χ4n) is 1.62. The van der Waals surface area contributed by atoms with Gasteiger partial charge in [0.1, 0.15) is 11.6 Å². The summed E-state index contributed by atoms with van der Waals surface area (Å²) in [7, 11) is 1.43. The summed E-state index contributed by atoms with van der Waals surface area (Å²) < 4.78 is 33.0. The first-order chi connectivity index (χ1) is 7.45. The van der Waals surface area contributed by atoms with Gasteiger partial charge in [0.05, 0.1) is 7.11 Å². The van der Waals surface area contributed by atoms with Gasteiger partial charge in [-0.1, -0.05) is 13.8 Å². The largest absolute Gasteiger partial charge is 0.497 e. The van der Waals surface area contributed by atoms with Crippen molar-refractivity contribution in [3.63, 3.8) is 0 Å². The van der Waals surface area contributed by atoms with Crippen molar-refractivity contribution in [3.05, 3.63) is 29.6 Å². The highest BCUT2D eigenvalue weighted by molar-refractivity contribution is 5.33. The highest BCUT2D eigenvalue weighted by Gasteiger charge is 2.36. The van der Waals surface area contributed by atoms with Crippen molar-refractivity contribution in [1.82, 2.24) is 0 Å². The minimum Gasteiger partial charge on any atom is -0.497 e. The number of hydrogen-bond acceptors (Lipinski definition) is 2. The van der Waals surface area contributed by atoms with Gasteiger partial charge < -0.3 is 10.5 Å². The van der Waals surface area contributed by atoms with Gasteiger partial charge in [0.2, 0.25) is 0 Å². The molecular weight excluding hydrogens is 212 g/mol. The molecule has 0 heterocycles. The average Bonchev–Trinajstić information content (AvgIpc) is 2.27. The van der Waals surface area contributed by atoms with Crippen molar-refractivity contribution < 1.29 is 13.5 Å². The first-order valence-electron chi connectivity index (χ1n) is 5.18. The van der Waals surface area contributed by atoms with Crippen molar-refractivity contribution >= 4 is 0 Å². The highest BCUT2D eigenvalue weighted by atomic mass is 19.1. The van der Waals surface area contributed by atoms with E-state index in [1.807, 2.05) is 0 Å². The molecule has 0 radical (unpaired) electrons. The lowest BCUT2D eigenvalue weighted by molar-refractivity contribution is 0.104. The zero-order chi connectivity index (χ0) is 12.3. The Balaban J connectivity index is 3.21. The SMILES string of the molecule is COc1ccc(C(F)(CN)C(C)C)c(F)c1. The van der Waals surface area contributed by atoms with Crippen molar-refractivity contribution in [2.45, 2.75) is 19.5 Å². The molecule has 4 heteroatoms. The Labute approximate surface area is 94.4 Å². The maximum atomic E-state index is 14.5. The zero-order valence-electron chi connectivity index (χ0n) is 9.76. The molecule has 16 heavy (non-hydrogen) atoms. The Morgan fingerprint density at radius 2 is 2.06 bits per heavy atom. The van der Waals surface area contributed by atoms with Crippen LogP contribution < -0.4 is 10.5 Å². The van der Waals surface area contributed by atoms with E-state index in [0.29, 0.717) is 5.75 Å². The normalized spacial score (nSPS) is 14.9. The van der Waals surface area contributed by atoms with Crippen LogP contribution in [-0.4, -0.2) is 13.7 Å². The highest BCUT2D eigenvalue weighted by Crippen LogP contribution is 2.35. The van der Waals surface area contributed by atoms with Gasteiger partial charge in [0, 0.05) is 18.2 Å². The molecule has 0 saturated carbocycles. The number of ether oxygens (including phenoxy) is 1. The van der Waals surface area contributed by atoms with Crippen LogP contribution in [0.15, 0.2) is 18.2 Å². The summed E-state index contributed by atoms with van der Waals surface area (Å²) in [5, 5.41) is 0. The standard InChI is InChI=1S/C12H17F2NO/c1-8(2)12(14,7-15)10-5-4-9(16-3)6-11(10)13/h4-6,8H,7,15H2,1-3H3. The smallest absolute Gasteiger partial charge is 0.153 e. The van der Waals surface area contributed by atoms with E-state index in [1.54, 1.807) is 13.8 Å². The van der Waals surface area contributed by atoms with Crippen molar-refractivity contribution in [3.8, 4) is 5.75 Å². The van der Waals surface area contributed by atoms with Gasteiger partial charge in [-0.3, -0.25) is 0 Å². The lowest BCUT2D eigenvalue weighted by Gasteiger charge is -2.28. The van der Waals surface area contributed by atoms with Gasteiger partial charge in [-0.2, -0.15) is 0 Å². The first-order valence-corrected chi connectivity index (χ1v) is 5.18. The van der Waals surface area contributed by atoms with Crippen LogP contribution in [0.2, 0.25) is 0 Å². The molecular formula is C12H17F2NO. The Morgan fingerprint density at radius 3 is 2.44 bits per heavy atom. The van der Waals surface area contributed by atoms with Crippen molar-refractivity contribution in [2.24, 2.45) is 11.7 Å². The summed E-state index contributed by atoms with van der Waals surface area (Å²) in [6.45, 7) is 3.11. The van der Waals surface area contributed by atoms with Crippen molar-refractivity contribution in [2.75, 3.05) is 13.7 Å². The summed E-state index contributed by atoms with van der Waals surface area (Å²) in [6.07, 6.45) is 0. The Bertz CT molecular complexity index is 368. The molecule has 0 aliphatic carbocycles. The molecule has 1 rings (SSSR count). The number of halogens is 2. The van der Waals surface area contributed by atoms with E-state index in [9.17, 15) is 8.78 Å². The Morgan fingerprint density at radius 1 is 1.44 bits per heavy atom. The molecule has 0 amide bonds. The van der Waals surface area contributed by atoms with Crippen LogP contribution in [-0.2, 0) is 5.67 Å². The van der Waals surface area contributed by atoms with Crippen LogP contribution in [0.25, 0.3) is 0 Å². The van der Waals surface area contributed by atoms with Crippen LogP contribution >= 0.6 is 0 Å². The minimum absolute atomic E-state index is 0.00852. The predicted octanol–water partition coefficient (Wildman–Crippen LogP) is 2.61. The Hall–Kier alpha value is -1.16. The maximum absolute atomic E-state index is 14.5. The van der Waals surface area contributed by atoms with Crippen molar-refractivity contribution in [1.29, 1.82) is 0 Å². The molecule has 2 N–H and O–H groups in total. The molecule has 1 atom stereocenters. The molecule has 0 fully saturated rings. The minimum atomic E-state index is -1.84. The van der Waals surface area contributed by atoms with Gasteiger partial charge in [0.15, 0.2) is 5.67 Å². The van der Waals surface area contributed by atoms with Crippen LogP contribution in [0.5, 0.6) is 5.75 Å². The van der Waals surface area contributed by atoms with Crippen LogP contribution in [0.3, 0.4) is 0 Å². The van der Waals surface area contributed by atoms with Gasteiger partial charge >= 0.3 is 0 Å². The van der Waals surface area contributed by atoms with E-state index >= 15 is 0 Å². The monoisotopic (exact) mass is 229 g/mol. The Kier molecular flexibility index (Phi) is 3.86. The predicted molar refractivity (Wildman–Crippen MR) is 59.6 cm³/mol. The number of nitrogens with two attached hydrogens (primary N) is 1. The van der Waals surface area contributed by atoms with Crippen LogP contribution in [0.1, 0.15) is 19.4 Å². The maximum Gasteiger partial charge on any atom is 0.153 e. The topological polar surface area (TPSA) is 35.2 Å². The number of benzene rings is 1. The third kappa shape index (κ3) is 2.16. The molecule has 0 aromatic heterocycles. The van der Waals surface area contributed by atoms with Gasteiger partial charge in [-0.25, -0.2) is 8.78 Å². The molecule has 0 spiro atoms. The zero-order valence-corrected chi connectivity index (χ0v) is 9.76. The molecule has 1 unspecified atom stereocenters. The second-order valence-electron chi connectivity index (χ2n) is 4.07. The summed E-state index contributed by atoms with van der Waals surface area (Å²) in [6, 6.07) is 4.09. The van der Waals surface area contributed by atoms with E-state index in [0.717, 1.165) is 0 Å². The summed E-state index contributed by atoms with van der Waals surface area (Å²) in [5.41, 5.74) is 3.56. The number of methoxy groups -OCH3 is 1. The van der Waals surface area contributed by atoms with E-state index in [2.05, 4.69) is 0 Å². The molecule has 1 aromatic rings. The van der Waals surface area contributed by atoms with Crippen LogP contribution in [0, 0.1) is 11.7 Å². The number of alkyl halides is 1. The summed E-state index contributed by atoms with van der Waals surface area (Å²) in [5.74, 6) is -0.647. The molecule has 0 bridgehead atoms. The third-order valence-electron chi connectivity index (χ3n) is 2.84. The molecule has 2 nitrogen and oxygen atoms in total. The average molecular weight is 229 g/mol. The lowest BCUT2D eigenvalue weighted by Crippen LogP contribution is -2.36. The second-order valence-corrected chi connectivity index (χ2v) is 4.07. The lowest BCUT2D eigenvalue weighted by atomic mass is 9.85. The number of rotatable bonds is 4. The molecule has 90 valence electrons. The quantitative estimate of drug-likeness (QED) is 0.861. The van der Waals surface area contributed by atoms with Gasteiger partial charge in [-0.15, -0.1) is 0 Å². The summed E-state index contributed by atoms with van der Waals surface area (Å²) >= 11 is 0. The van der Waals surface area contributed by atoms with Crippen LogP contribution in [0.4, 0.5) is 8.78 Å². The second kappa shape index (κ2) is 4.78. The van der Waals surface area contributed by atoms with E-state index in [-0.39, 0.29) is 18.0 Å². The molecule has 0 aliphatic heterocycles. The van der Waals surface area contributed by atoms with E-state index < -0.39 is 11.5 Å². The third-order valence-corrected chi connectivity index (χ3v) is 2.84. The number of hydrogen-bond donors (Lipinski definition) is 1. The van der Waals surface area contributed by atoms with E-state index in [1.165, 1.54) is 25.3 Å². The molecule has 0 saturated heterocycles. The summed E-state index contributed by atoms with van der Waals surface area (Å²) in [4.78, 5) is 0.